The number of ether oxygens (including phenoxy) is 1. The van der Waals surface area contributed by atoms with Gasteiger partial charge in [-0.05, 0) is 48.9 Å². The molecule has 3 rings (SSSR count). The third kappa shape index (κ3) is 4.11. The molecule has 1 aliphatic heterocycles. The summed E-state index contributed by atoms with van der Waals surface area (Å²) in [6.07, 6.45) is 0.259. The SMILES string of the molecule is CCC1Nc2ccc(Cl)cc2C(=O)N1NC(=O)COc1ccc(Br)cc1. The van der Waals surface area contributed by atoms with Crippen molar-refractivity contribution >= 4 is 45.0 Å². The van der Waals surface area contributed by atoms with Crippen molar-refractivity contribution in [2.75, 3.05) is 11.9 Å². The maximum Gasteiger partial charge on any atom is 0.276 e. The van der Waals surface area contributed by atoms with E-state index in [1.165, 1.54) is 5.01 Å². The van der Waals surface area contributed by atoms with Gasteiger partial charge in [-0.25, -0.2) is 5.01 Å². The van der Waals surface area contributed by atoms with E-state index in [1.807, 2.05) is 19.1 Å². The second kappa shape index (κ2) is 7.97. The van der Waals surface area contributed by atoms with Gasteiger partial charge in [0.05, 0.1) is 5.56 Å². The number of rotatable bonds is 5. The molecule has 1 heterocycles. The van der Waals surface area contributed by atoms with Gasteiger partial charge in [-0.1, -0.05) is 34.5 Å². The lowest BCUT2D eigenvalue weighted by molar-refractivity contribution is -0.127. The second-order valence-electron chi connectivity index (χ2n) is 5.71. The minimum Gasteiger partial charge on any atom is -0.484 e. The molecule has 2 amide bonds. The van der Waals surface area contributed by atoms with Gasteiger partial charge in [-0.3, -0.25) is 15.0 Å². The Morgan fingerprint density at radius 1 is 1.31 bits per heavy atom. The van der Waals surface area contributed by atoms with Crippen LogP contribution >= 0.6 is 27.5 Å². The van der Waals surface area contributed by atoms with Crippen LogP contribution in [0.1, 0.15) is 23.7 Å². The Morgan fingerprint density at radius 2 is 2.04 bits per heavy atom. The quantitative estimate of drug-likeness (QED) is 0.744. The number of nitrogens with zero attached hydrogens (tertiary/aromatic N) is 1. The number of benzene rings is 2. The van der Waals surface area contributed by atoms with Gasteiger partial charge in [-0.15, -0.1) is 0 Å². The molecule has 0 radical (unpaired) electrons. The van der Waals surface area contributed by atoms with Crippen molar-refractivity contribution in [3.8, 4) is 5.75 Å². The van der Waals surface area contributed by atoms with E-state index in [9.17, 15) is 9.59 Å². The lowest BCUT2D eigenvalue weighted by Gasteiger charge is -2.37. The highest BCUT2D eigenvalue weighted by Gasteiger charge is 2.32. The molecule has 0 saturated heterocycles. The van der Waals surface area contributed by atoms with E-state index in [4.69, 9.17) is 16.3 Å². The largest absolute Gasteiger partial charge is 0.484 e. The molecule has 0 saturated carbocycles. The number of anilines is 1. The summed E-state index contributed by atoms with van der Waals surface area (Å²) in [5.41, 5.74) is 3.73. The number of halogens is 2. The predicted molar refractivity (Wildman–Crippen MR) is 103 cm³/mol. The van der Waals surface area contributed by atoms with Crippen molar-refractivity contribution < 1.29 is 14.3 Å². The lowest BCUT2D eigenvalue weighted by Crippen LogP contribution is -2.57. The van der Waals surface area contributed by atoms with Gasteiger partial charge in [0.25, 0.3) is 11.8 Å². The molecule has 8 heteroatoms. The highest BCUT2D eigenvalue weighted by atomic mass is 79.9. The van der Waals surface area contributed by atoms with Gasteiger partial charge in [0, 0.05) is 15.2 Å². The number of hydrogen-bond donors (Lipinski definition) is 2. The van der Waals surface area contributed by atoms with Crippen LogP contribution in [0, 0.1) is 0 Å². The summed E-state index contributed by atoms with van der Waals surface area (Å²) in [4.78, 5) is 25.0. The van der Waals surface area contributed by atoms with E-state index in [1.54, 1.807) is 30.3 Å². The molecule has 2 N–H and O–H groups in total. The molecule has 0 aliphatic carbocycles. The predicted octanol–water partition coefficient (Wildman–Crippen LogP) is 3.82. The van der Waals surface area contributed by atoms with Crippen molar-refractivity contribution in [3.05, 3.63) is 57.5 Å². The fraction of sp³-hybridized carbons (Fsp3) is 0.222. The monoisotopic (exact) mass is 437 g/mol. The van der Waals surface area contributed by atoms with Crippen LogP contribution in [0.25, 0.3) is 0 Å². The van der Waals surface area contributed by atoms with Crippen LogP contribution in [-0.4, -0.2) is 29.6 Å². The molecule has 1 unspecified atom stereocenters. The summed E-state index contributed by atoms with van der Waals surface area (Å²) in [6, 6.07) is 12.2. The van der Waals surface area contributed by atoms with Crippen LogP contribution in [0.2, 0.25) is 5.02 Å². The number of hydrazine groups is 1. The van der Waals surface area contributed by atoms with Gasteiger partial charge in [0.15, 0.2) is 6.61 Å². The van der Waals surface area contributed by atoms with Crippen molar-refractivity contribution in [1.29, 1.82) is 0 Å². The Hall–Kier alpha value is -2.25. The third-order valence-corrected chi connectivity index (χ3v) is 4.64. The molecule has 2 aromatic carbocycles. The number of fused-ring (bicyclic) bond motifs is 1. The summed E-state index contributed by atoms with van der Waals surface area (Å²) in [7, 11) is 0. The molecular weight excluding hydrogens is 422 g/mol. The van der Waals surface area contributed by atoms with Crippen LogP contribution in [0.4, 0.5) is 5.69 Å². The smallest absolute Gasteiger partial charge is 0.276 e. The van der Waals surface area contributed by atoms with E-state index in [0.717, 1.165) is 4.47 Å². The highest BCUT2D eigenvalue weighted by Crippen LogP contribution is 2.28. The fourth-order valence-electron chi connectivity index (χ4n) is 2.59. The van der Waals surface area contributed by atoms with Crippen LogP contribution in [0.3, 0.4) is 0 Å². The summed E-state index contributed by atoms with van der Waals surface area (Å²) in [5, 5.41) is 4.97. The zero-order valence-corrected chi connectivity index (χ0v) is 16.3. The Kier molecular flexibility index (Phi) is 5.68. The molecule has 0 spiro atoms. The van der Waals surface area contributed by atoms with E-state index >= 15 is 0 Å². The molecule has 0 bridgehead atoms. The minimum atomic E-state index is -0.424. The summed E-state index contributed by atoms with van der Waals surface area (Å²) in [5.74, 6) is -0.173. The van der Waals surface area contributed by atoms with Gasteiger partial charge in [0.2, 0.25) is 0 Å². The van der Waals surface area contributed by atoms with Gasteiger partial charge in [-0.2, -0.15) is 0 Å². The zero-order valence-electron chi connectivity index (χ0n) is 14.0. The molecule has 0 fully saturated rings. The normalized spacial score (nSPS) is 15.9. The molecule has 0 aromatic heterocycles. The molecule has 1 aliphatic rings. The summed E-state index contributed by atoms with van der Waals surface area (Å²) < 4.78 is 6.36. The standard InChI is InChI=1S/C18H17BrClN3O3/c1-2-16-21-15-8-5-12(20)9-14(15)18(25)23(16)22-17(24)10-26-13-6-3-11(19)4-7-13/h3-9,16,21H,2,10H2,1H3,(H,22,24). The number of amides is 2. The summed E-state index contributed by atoms with van der Waals surface area (Å²) >= 11 is 9.32. The van der Waals surface area contributed by atoms with Crippen LogP contribution in [0.5, 0.6) is 5.75 Å². The molecule has 136 valence electrons. The number of carbonyl (C=O) groups excluding carboxylic acids is 2. The number of nitrogens with one attached hydrogen (secondary N) is 2. The summed E-state index contributed by atoms with van der Waals surface area (Å²) in [6.45, 7) is 1.72. The number of hydrogen-bond acceptors (Lipinski definition) is 4. The van der Waals surface area contributed by atoms with Crippen molar-refractivity contribution in [3.63, 3.8) is 0 Å². The Bertz CT molecular complexity index is 829. The lowest BCUT2D eigenvalue weighted by atomic mass is 10.1. The zero-order chi connectivity index (χ0) is 18.7. The molecule has 26 heavy (non-hydrogen) atoms. The Morgan fingerprint density at radius 3 is 2.73 bits per heavy atom. The van der Waals surface area contributed by atoms with Crippen LogP contribution < -0.4 is 15.5 Å². The Labute approximate surface area is 164 Å². The maximum atomic E-state index is 12.8. The molecule has 2 aromatic rings. The van der Waals surface area contributed by atoms with E-state index in [2.05, 4.69) is 26.7 Å². The molecule has 1 atom stereocenters. The van der Waals surface area contributed by atoms with E-state index in [0.29, 0.717) is 28.4 Å². The fourth-order valence-corrected chi connectivity index (χ4v) is 3.03. The third-order valence-electron chi connectivity index (χ3n) is 3.88. The van der Waals surface area contributed by atoms with Crippen molar-refractivity contribution in [2.45, 2.75) is 19.5 Å². The highest BCUT2D eigenvalue weighted by molar-refractivity contribution is 9.10. The number of carbonyl (C=O) groups is 2. The van der Waals surface area contributed by atoms with Crippen LogP contribution in [-0.2, 0) is 4.79 Å². The topological polar surface area (TPSA) is 70.7 Å². The minimum absolute atomic E-state index is 0.204. The first-order valence-electron chi connectivity index (χ1n) is 8.05. The average molecular weight is 439 g/mol. The maximum absolute atomic E-state index is 12.8. The first-order valence-corrected chi connectivity index (χ1v) is 9.22. The first kappa shape index (κ1) is 18.5. The van der Waals surface area contributed by atoms with Gasteiger partial charge < -0.3 is 10.1 Å². The molecular formula is C18H17BrClN3O3. The van der Waals surface area contributed by atoms with Gasteiger partial charge in [0.1, 0.15) is 11.9 Å². The van der Waals surface area contributed by atoms with E-state index < -0.39 is 5.91 Å². The first-order chi connectivity index (χ1) is 12.5. The average Bonchev–Trinajstić information content (AvgIpc) is 2.64. The van der Waals surface area contributed by atoms with Crippen molar-refractivity contribution in [1.82, 2.24) is 10.4 Å². The van der Waals surface area contributed by atoms with E-state index in [-0.39, 0.29) is 18.7 Å². The Balaban J connectivity index is 1.68. The second-order valence-corrected chi connectivity index (χ2v) is 7.06. The van der Waals surface area contributed by atoms with Crippen LogP contribution in [0.15, 0.2) is 46.9 Å². The molecule has 6 nitrogen and oxygen atoms in total. The van der Waals surface area contributed by atoms with Crippen molar-refractivity contribution in [2.24, 2.45) is 0 Å². The van der Waals surface area contributed by atoms with Gasteiger partial charge >= 0.3 is 0 Å².